The number of amides is 1. The standard InChI is InChI=1S/C12H16N2O6S/c1-3-18-12(17)20-6(2)19-11(16)7-4-5-21-10-8(13)9(15)14(7)10/h4,6,8,10H,3,5,13H2,1-2H3/t6?,8?,10-/m0/s1. The summed E-state index contributed by atoms with van der Waals surface area (Å²) >= 11 is 1.47. The van der Waals surface area contributed by atoms with Crippen LogP contribution < -0.4 is 5.73 Å². The summed E-state index contributed by atoms with van der Waals surface area (Å²) in [4.78, 5) is 36.1. The molecule has 2 aliphatic heterocycles. The van der Waals surface area contributed by atoms with Crippen molar-refractivity contribution < 1.29 is 28.6 Å². The van der Waals surface area contributed by atoms with Gasteiger partial charge in [0.2, 0.25) is 12.2 Å². The quantitative estimate of drug-likeness (QED) is 0.444. The molecule has 0 aliphatic carbocycles. The van der Waals surface area contributed by atoms with Crippen molar-refractivity contribution >= 4 is 29.8 Å². The Labute approximate surface area is 125 Å². The Balaban J connectivity index is 1.93. The van der Waals surface area contributed by atoms with E-state index in [9.17, 15) is 14.4 Å². The Hall–Kier alpha value is -1.74. The number of nitrogens with zero attached hydrogens (tertiary/aromatic N) is 1. The van der Waals surface area contributed by atoms with Crippen molar-refractivity contribution in [2.45, 2.75) is 31.6 Å². The van der Waals surface area contributed by atoms with E-state index in [0.717, 1.165) is 0 Å². The number of nitrogens with two attached hydrogens (primary N) is 1. The molecule has 116 valence electrons. The Kier molecular flexibility index (Phi) is 4.73. The van der Waals surface area contributed by atoms with E-state index in [0.29, 0.717) is 5.75 Å². The second-order valence-corrected chi connectivity index (χ2v) is 5.47. The van der Waals surface area contributed by atoms with Crippen LogP contribution in [0.4, 0.5) is 4.79 Å². The van der Waals surface area contributed by atoms with Gasteiger partial charge in [-0.2, -0.15) is 0 Å². The van der Waals surface area contributed by atoms with E-state index in [1.165, 1.54) is 23.6 Å². The van der Waals surface area contributed by atoms with Gasteiger partial charge in [0.1, 0.15) is 17.1 Å². The van der Waals surface area contributed by atoms with Crippen LogP contribution in [0, 0.1) is 0 Å². The molecule has 1 amide bonds. The molecule has 2 rings (SSSR count). The SMILES string of the molecule is CCOC(=O)OC(C)OC(=O)C1=CCS[C@H]2C(N)C(=O)N12. The van der Waals surface area contributed by atoms with Gasteiger partial charge in [0.25, 0.3) is 0 Å². The first kappa shape index (κ1) is 15.6. The Morgan fingerprint density at radius 1 is 1.52 bits per heavy atom. The monoisotopic (exact) mass is 316 g/mol. The topological polar surface area (TPSA) is 108 Å². The van der Waals surface area contributed by atoms with Gasteiger partial charge in [0, 0.05) is 12.7 Å². The third kappa shape index (κ3) is 3.13. The van der Waals surface area contributed by atoms with Crippen LogP contribution in [0.1, 0.15) is 13.8 Å². The maximum absolute atomic E-state index is 12.0. The summed E-state index contributed by atoms with van der Waals surface area (Å²) in [5.41, 5.74) is 5.79. The number of ether oxygens (including phenoxy) is 3. The summed E-state index contributed by atoms with van der Waals surface area (Å²) in [7, 11) is 0. The van der Waals surface area contributed by atoms with Crippen LogP contribution in [-0.2, 0) is 23.8 Å². The molecule has 2 aliphatic rings. The van der Waals surface area contributed by atoms with Crippen LogP contribution in [0.5, 0.6) is 0 Å². The van der Waals surface area contributed by atoms with E-state index in [1.807, 2.05) is 0 Å². The number of hydrogen-bond acceptors (Lipinski definition) is 8. The Bertz CT molecular complexity index is 494. The number of esters is 1. The molecule has 3 atom stereocenters. The number of carbonyl (C=O) groups is 3. The highest BCUT2D eigenvalue weighted by Gasteiger charge is 2.50. The van der Waals surface area contributed by atoms with Crippen LogP contribution in [0.15, 0.2) is 11.8 Å². The Morgan fingerprint density at radius 3 is 2.90 bits per heavy atom. The molecule has 1 saturated heterocycles. The highest BCUT2D eigenvalue weighted by atomic mass is 32.2. The molecule has 8 nitrogen and oxygen atoms in total. The first-order valence-electron chi connectivity index (χ1n) is 6.40. The molecule has 0 saturated carbocycles. The molecular formula is C12H16N2O6S. The van der Waals surface area contributed by atoms with Crippen LogP contribution in [0.2, 0.25) is 0 Å². The molecule has 21 heavy (non-hydrogen) atoms. The van der Waals surface area contributed by atoms with Crippen molar-refractivity contribution in [3.8, 4) is 0 Å². The molecule has 0 spiro atoms. The lowest BCUT2D eigenvalue weighted by Gasteiger charge is -2.46. The van der Waals surface area contributed by atoms with Gasteiger partial charge >= 0.3 is 12.1 Å². The van der Waals surface area contributed by atoms with Gasteiger partial charge < -0.3 is 19.9 Å². The van der Waals surface area contributed by atoms with E-state index in [2.05, 4.69) is 4.74 Å². The molecule has 0 aromatic rings. The molecule has 2 heterocycles. The number of thioether (sulfide) groups is 1. The van der Waals surface area contributed by atoms with Crippen LogP contribution in [0.3, 0.4) is 0 Å². The van der Waals surface area contributed by atoms with Crippen LogP contribution >= 0.6 is 11.8 Å². The summed E-state index contributed by atoms with van der Waals surface area (Å²) in [5.74, 6) is -0.508. The summed E-state index contributed by atoms with van der Waals surface area (Å²) < 4.78 is 14.3. The van der Waals surface area contributed by atoms with E-state index in [4.69, 9.17) is 15.2 Å². The van der Waals surface area contributed by atoms with Crippen LogP contribution in [-0.4, -0.2) is 53.0 Å². The third-order valence-corrected chi connectivity index (χ3v) is 4.10. The predicted octanol–water partition coefficient (Wildman–Crippen LogP) is 0.175. The van der Waals surface area contributed by atoms with E-state index < -0.39 is 24.5 Å². The molecule has 2 unspecified atom stereocenters. The zero-order chi connectivity index (χ0) is 15.6. The minimum absolute atomic E-state index is 0.129. The molecule has 0 radical (unpaired) electrons. The summed E-state index contributed by atoms with van der Waals surface area (Å²) in [6, 6.07) is -0.597. The number of carbonyl (C=O) groups excluding carboxylic acids is 3. The Morgan fingerprint density at radius 2 is 2.24 bits per heavy atom. The summed E-state index contributed by atoms with van der Waals surface area (Å²) in [5, 5.41) is -0.244. The average molecular weight is 316 g/mol. The molecule has 9 heteroatoms. The molecular weight excluding hydrogens is 300 g/mol. The van der Waals surface area contributed by atoms with Crippen molar-refractivity contribution in [1.29, 1.82) is 0 Å². The summed E-state index contributed by atoms with van der Waals surface area (Å²) in [6.07, 6.45) is -0.453. The van der Waals surface area contributed by atoms with Gasteiger partial charge in [0.15, 0.2) is 0 Å². The first-order valence-corrected chi connectivity index (χ1v) is 7.45. The second kappa shape index (κ2) is 6.35. The lowest BCUT2D eigenvalue weighted by molar-refractivity contribution is -0.168. The highest BCUT2D eigenvalue weighted by Crippen LogP contribution is 2.36. The average Bonchev–Trinajstić information content (AvgIpc) is 2.45. The predicted molar refractivity (Wildman–Crippen MR) is 72.8 cm³/mol. The van der Waals surface area contributed by atoms with Gasteiger partial charge in [-0.25, -0.2) is 9.59 Å². The van der Waals surface area contributed by atoms with Crippen molar-refractivity contribution in [3.05, 3.63) is 11.8 Å². The summed E-state index contributed by atoms with van der Waals surface area (Å²) in [6.45, 7) is 3.17. The zero-order valence-electron chi connectivity index (χ0n) is 11.6. The molecule has 0 aromatic carbocycles. The van der Waals surface area contributed by atoms with Crippen molar-refractivity contribution in [1.82, 2.24) is 4.90 Å². The lowest BCUT2D eigenvalue weighted by atomic mass is 10.1. The minimum Gasteiger partial charge on any atom is -0.435 e. The molecule has 0 bridgehead atoms. The van der Waals surface area contributed by atoms with E-state index in [-0.39, 0.29) is 23.6 Å². The third-order valence-electron chi connectivity index (χ3n) is 2.89. The number of hydrogen-bond donors (Lipinski definition) is 1. The fraction of sp³-hybridized carbons (Fsp3) is 0.583. The van der Waals surface area contributed by atoms with Gasteiger partial charge in [-0.05, 0) is 13.0 Å². The van der Waals surface area contributed by atoms with Crippen molar-refractivity contribution in [2.75, 3.05) is 12.4 Å². The van der Waals surface area contributed by atoms with Gasteiger partial charge in [-0.15, -0.1) is 11.8 Å². The minimum atomic E-state index is -1.12. The molecule has 0 aromatic heterocycles. The molecule has 1 fully saturated rings. The van der Waals surface area contributed by atoms with Gasteiger partial charge in [-0.1, -0.05) is 0 Å². The fourth-order valence-corrected chi connectivity index (χ4v) is 3.09. The van der Waals surface area contributed by atoms with E-state index >= 15 is 0 Å². The maximum atomic E-state index is 12.0. The van der Waals surface area contributed by atoms with Crippen molar-refractivity contribution in [2.24, 2.45) is 5.73 Å². The smallest absolute Gasteiger partial charge is 0.435 e. The normalized spacial score (nSPS) is 25.2. The maximum Gasteiger partial charge on any atom is 0.511 e. The van der Waals surface area contributed by atoms with Gasteiger partial charge in [0.05, 0.1) is 6.61 Å². The molecule has 2 N–H and O–H groups in total. The number of fused-ring (bicyclic) bond motifs is 1. The second-order valence-electron chi connectivity index (χ2n) is 4.32. The number of rotatable bonds is 4. The van der Waals surface area contributed by atoms with Crippen LogP contribution in [0.25, 0.3) is 0 Å². The first-order chi connectivity index (χ1) is 9.95. The zero-order valence-corrected chi connectivity index (χ0v) is 12.4. The number of β-lactam (4-membered cyclic amide) rings is 1. The van der Waals surface area contributed by atoms with E-state index in [1.54, 1.807) is 13.0 Å². The lowest BCUT2D eigenvalue weighted by Crippen LogP contribution is -2.68. The largest absolute Gasteiger partial charge is 0.511 e. The van der Waals surface area contributed by atoms with Crippen molar-refractivity contribution in [3.63, 3.8) is 0 Å². The fourth-order valence-electron chi connectivity index (χ4n) is 1.95. The van der Waals surface area contributed by atoms with Gasteiger partial charge in [-0.3, -0.25) is 9.69 Å². The highest BCUT2D eigenvalue weighted by molar-refractivity contribution is 8.00.